The third-order valence-corrected chi connectivity index (χ3v) is 4.54. The van der Waals surface area contributed by atoms with E-state index in [9.17, 15) is 9.18 Å². The average Bonchev–Trinajstić information content (AvgIpc) is 3.21. The predicted octanol–water partition coefficient (Wildman–Crippen LogP) is 2.54. The van der Waals surface area contributed by atoms with Crippen LogP contribution in [0.2, 0.25) is 0 Å². The first-order valence-electron chi connectivity index (χ1n) is 7.40. The first-order chi connectivity index (χ1) is 9.60. The molecule has 1 heterocycles. The lowest BCUT2D eigenvalue weighted by Crippen LogP contribution is -2.49. The van der Waals surface area contributed by atoms with Crippen molar-refractivity contribution in [1.82, 2.24) is 10.6 Å². The van der Waals surface area contributed by atoms with Gasteiger partial charge >= 0.3 is 0 Å². The van der Waals surface area contributed by atoms with Crippen LogP contribution in [0.1, 0.15) is 38.2 Å². The van der Waals surface area contributed by atoms with Gasteiger partial charge in [-0.2, -0.15) is 0 Å². The molecule has 21 heavy (non-hydrogen) atoms. The van der Waals surface area contributed by atoms with Crippen LogP contribution in [0.3, 0.4) is 0 Å². The van der Waals surface area contributed by atoms with Crippen LogP contribution >= 0.6 is 12.4 Å². The number of hydrogen-bond acceptors (Lipinski definition) is 2. The van der Waals surface area contributed by atoms with Crippen LogP contribution in [0, 0.1) is 5.82 Å². The monoisotopic (exact) mass is 312 g/mol. The summed E-state index contributed by atoms with van der Waals surface area (Å²) >= 11 is 0. The van der Waals surface area contributed by atoms with Gasteiger partial charge < -0.3 is 10.6 Å². The van der Waals surface area contributed by atoms with Gasteiger partial charge in [-0.25, -0.2) is 4.39 Å². The molecule has 1 aromatic rings. The normalized spacial score (nSPS) is 26.6. The fourth-order valence-electron chi connectivity index (χ4n) is 3.13. The molecule has 2 atom stereocenters. The molecule has 2 unspecified atom stereocenters. The average molecular weight is 313 g/mol. The zero-order chi connectivity index (χ0) is 14.2. The molecule has 3 nitrogen and oxygen atoms in total. The molecule has 2 aliphatic rings. The number of piperidine rings is 1. The Bertz CT molecular complexity index is 502. The minimum absolute atomic E-state index is 0. The van der Waals surface area contributed by atoms with Gasteiger partial charge in [-0.3, -0.25) is 4.79 Å². The van der Waals surface area contributed by atoms with Crippen molar-refractivity contribution in [3.8, 4) is 0 Å². The fourth-order valence-corrected chi connectivity index (χ4v) is 3.13. The second-order valence-corrected chi connectivity index (χ2v) is 6.14. The van der Waals surface area contributed by atoms with Gasteiger partial charge in [0.15, 0.2) is 0 Å². The van der Waals surface area contributed by atoms with Gasteiger partial charge in [0.2, 0.25) is 5.91 Å². The summed E-state index contributed by atoms with van der Waals surface area (Å²) in [7, 11) is 0. The van der Waals surface area contributed by atoms with Gasteiger partial charge in [0, 0.05) is 12.1 Å². The Labute approximate surface area is 131 Å². The number of amides is 1. The summed E-state index contributed by atoms with van der Waals surface area (Å²) in [6.07, 6.45) is 3.69. The molecule has 1 amide bonds. The Hall–Kier alpha value is -1.13. The van der Waals surface area contributed by atoms with E-state index in [2.05, 4.69) is 17.6 Å². The summed E-state index contributed by atoms with van der Waals surface area (Å²) < 4.78 is 13.0. The highest BCUT2D eigenvalue weighted by Gasteiger charge is 2.51. The lowest BCUT2D eigenvalue weighted by Gasteiger charge is -2.30. The molecular weight excluding hydrogens is 291 g/mol. The van der Waals surface area contributed by atoms with Crippen molar-refractivity contribution in [2.24, 2.45) is 0 Å². The molecule has 0 aromatic heterocycles. The van der Waals surface area contributed by atoms with E-state index in [1.54, 1.807) is 12.1 Å². The van der Waals surface area contributed by atoms with E-state index >= 15 is 0 Å². The number of halogens is 2. The molecule has 116 valence electrons. The van der Waals surface area contributed by atoms with Crippen molar-refractivity contribution >= 4 is 18.3 Å². The van der Waals surface area contributed by atoms with Crippen molar-refractivity contribution in [2.75, 3.05) is 6.54 Å². The van der Waals surface area contributed by atoms with E-state index in [1.165, 1.54) is 12.1 Å². The van der Waals surface area contributed by atoms with Crippen LogP contribution in [0.4, 0.5) is 4.39 Å². The van der Waals surface area contributed by atoms with Crippen molar-refractivity contribution in [3.05, 3.63) is 35.6 Å². The highest BCUT2D eigenvalue weighted by atomic mass is 35.5. The predicted molar refractivity (Wildman–Crippen MR) is 83.2 cm³/mol. The maximum atomic E-state index is 13.0. The SMILES string of the molecule is CC1CC(NC(=O)C2(c3ccc(F)cc3)CC2)CCN1.Cl. The maximum absolute atomic E-state index is 13.0. The highest BCUT2D eigenvalue weighted by Crippen LogP contribution is 2.48. The van der Waals surface area contributed by atoms with Crippen LogP contribution in [-0.2, 0) is 10.2 Å². The lowest BCUT2D eigenvalue weighted by molar-refractivity contribution is -0.124. The van der Waals surface area contributed by atoms with Crippen molar-refractivity contribution in [1.29, 1.82) is 0 Å². The van der Waals surface area contributed by atoms with E-state index in [4.69, 9.17) is 0 Å². The molecule has 2 N–H and O–H groups in total. The number of carbonyl (C=O) groups excluding carboxylic acids is 1. The standard InChI is InChI=1S/C16H21FN2O.ClH/c1-11-10-14(6-9-18-11)19-15(20)16(7-8-16)12-2-4-13(17)5-3-12;/h2-5,11,14,18H,6-10H2,1H3,(H,19,20);1H. The summed E-state index contributed by atoms with van der Waals surface area (Å²) in [5.74, 6) is -0.139. The van der Waals surface area contributed by atoms with Gasteiger partial charge in [-0.15, -0.1) is 12.4 Å². The largest absolute Gasteiger partial charge is 0.352 e. The Morgan fingerprint density at radius 1 is 1.33 bits per heavy atom. The van der Waals surface area contributed by atoms with Gasteiger partial charge in [-0.05, 0) is 56.8 Å². The molecule has 3 rings (SSSR count). The zero-order valence-corrected chi connectivity index (χ0v) is 13.0. The number of hydrogen-bond donors (Lipinski definition) is 2. The minimum Gasteiger partial charge on any atom is -0.352 e. The van der Waals surface area contributed by atoms with E-state index < -0.39 is 5.41 Å². The quantitative estimate of drug-likeness (QED) is 0.900. The molecule has 1 aliphatic carbocycles. The lowest BCUT2D eigenvalue weighted by atomic mass is 9.93. The summed E-state index contributed by atoms with van der Waals surface area (Å²) in [5, 5.41) is 6.58. The first-order valence-corrected chi connectivity index (χ1v) is 7.40. The van der Waals surface area contributed by atoms with Crippen molar-refractivity contribution in [3.63, 3.8) is 0 Å². The van der Waals surface area contributed by atoms with Crippen LogP contribution < -0.4 is 10.6 Å². The summed E-state index contributed by atoms with van der Waals surface area (Å²) in [4.78, 5) is 12.6. The third-order valence-electron chi connectivity index (χ3n) is 4.54. The first kappa shape index (κ1) is 16.2. The Morgan fingerprint density at radius 2 is 2.00 bits per heavy atom. The van der Waals surface area contributed by atoms with E-state index in [1.807, 2.05) is 0 Å². The van der Waals surface area contributed by atoms with Gasteiger partial charge in [0.1, 0.15) is 5.82 Å². The van der Waals surface area contributed by atoms with Crippen molar-refractivity contribution < 1.29 is 9.18 Å². The van der Waals surface area contributed by atoms with Crippen LogP contribution in [-0.4, -0.2) is 24.5 Å². The molecule has 1 aromatic carbocycles. The smallest absolute Gasteiger partial charge is 0.230 e. The molecule has 2 fully saturated rings. The Morgan fingerprint density at radius 3 is 2.57 bits per heavy atom. The number of rotatable bonds is 3. The summed E-state index contributed by atoms with van der Waals surface area (Å²) in [6.45, 7) is 3.10. The molecule has 0 radical (unpaired) electrons. The van der Waals surface area contributed by atoms with Gasteiger partial charge in [0.25, 0.3) is 0 Å². The molecule has 0 spiro atoms. The van der Waals surface area contributed by atoms with E-state index in [0.29, 0.717) is 6.04 Å². The molecule has 0 bridgehead atoms. The number of carbonyl (C=O) groups is 1. The molecule has 1 saturated carbocycles. The van der Waals surface area contributed by atoms with E-state index in [0.717, 1.165) is 37.8 Å². The summed E-state index contributed by atoms with van der Waals surface area (Å²) in [5.41, 5.74) is 0.542. The second-order valence-electron chi connectivity index (χ2n) is 6.14. The summed E-state index contributed by atoms with van der Waals surface area (Å²) in [6, 6.07) is 7.08. The Kier molecular flexibility index (Phi) is 4.89. The number of nitrogens with one attached hydrogen (secondary N) is 2. The van der Waals surface area contributed by atoms with Crippen LogP contribution in [0.15, 0.2) is 24.3 Å². The van der Waals surface area contributed by atoms with Crippen molar-refractivity contribution in [2.45, 2.75) is 50.1 Å². The maximum Gasteiger partial charge on any atom is 0.230 e. The van der Waals surface area contributed by atoms with Gasteiger partial charge in [0.05, 0.1) is 5.41 Å². The van der Waals surface area contributed by atoms with Gasteiger partial charge in [-0.1, -0.05) is 12.1 Å². The third kappa shape index (κ3) is 3.38. The molecule has 1 aliphatic heterocycles. The minimum atomic E-state index is -0.401. The second kappa shape index (κ2) is 6.32. The number of benzene rings is 1. The zero-order valence-electron chi connectivity index (χ0n) is 12.2. The van der Waals surface area contributed by atoms with Crippen LogP contribution in [0.5, 0.6) is 0 Å². The van der Waals surface area contributed by atoms with E-state index in [-0.39, 0.29) is 30.2 Å². The Balaban J connectivity index is 0.00000161. The highest BCUT2D eigenvalue weighted by molar-refractivity contribution is 5.91. The van der Waals surface area contributed by atoms with Crippen LogP contribution in [0.25, 0.3) is 0 Å². The molecule has 1 saturated heterocycles. The topological polar surface area (TPSA) is 41.1 Å². The molecular formula is C16H22ClFN2O. The fraction of sp³-hybridized carbons (Fsp3) is 0.562. The molecule has 5 heteroatoms.